The number of carbonyl (C=O) groups excluding carboxylic acids is 2. The van der Waals surface area contributed by atoms with Crippen LogP contribution in [0.5, 0.6) is 0 Å². The number of hydrogen-bond acceptors (Lipinski definition) is 4. The summed E-state index contributed by atoms with van der Waals surface area (Å²) in [6.07, 6.45) is 5.70. The van der Waals surface area contributed by atoms with Crippen molar-refractivity contribution in [3.05, 3.63) is 51.8 Å². The summed E-state index contributed by atoms with van der Waals surface area (Å²) < 4.78 is 1.97. The average Bonchev–Trinajstić information content (AvgIpc) is 3.02. The molecule has 4 rings (SSSR count). The molecule has 1 spiro atoms. The van der Waals surface area contributed by atoms with Crippen molar-refractivity contribution in [1.82, 2.24) is 24.9 Å². The highest BCUT2D eigenvalue weighted by Crippen LogP contribution is 2.33. The third-order valence-electron chi connectivity index (χ3n) is 6.82. The van der Waals surface area contributed by atoms with Crippen LogP contribution in [0.1, 0.15) is 61.0 Å². The number of imide groups is 1. The van der Waals surface area contributed by atoms with E-state index in [2.05, 4.69) is 5.32 Å². The van der Waals surface area contributed by atoms with E-state index in [4.69, 9.17) is 16.7 Å². The summed E-state index contributed by atoms with van der Waals surface area (Å²) in [5, 5.41) is 8.46. The summed E-state index contributed by atoms with van der Waals surface area (Å²) in [5.41, 5.74) is 3.44. The van der Waals surface area contributed by atoms with Crippen LogP contribution in [0, 0.1) is 13.8 Å². The first-order chi connectivity index (χ1) is 15.3. The number of nitrogens with one attached hydrogen (secondary N) is 1. The Morgan fingerprint density at radius 2 is 1.81 bits per heavy atom. The number of amides is 3. The van der Waals surface area contributed by atoms with E-state index in [-0.39, 0.29) is 18.6 Å². The highest BCUT2D eigenvalue weighted by molar-refractivity contribution is 6.31. The molecule has 1 aromatic heterocycles. The summed E-state index contributed by atoms with van der Waals surface area (Å²) >= 11 is 6.33. The third-order valence-corrected chi connectivity index (χ3v) is 7.19. The Bertz CT molecular complexity index is 1010. The van der Waals surface area contributed by atoms with Gasteiger partial charge in [0.25, 0.3) is 5.91 Å². The third kappa shape index (κ3) is 4.41. The molecule has 1 aromatic carbocycles. The number of rotatable bonds is 6. The standard InChI is InChI=1S/C24H32ClN5O2/c1-17-20(18(2)30(27-17)14-19-10-6-7-11-21(19)25)15-28(3)16-29-22(31)24(26-23(29)32)12-8-4-5-9-13-24/h6-7,10-11H,4-5,8-9,12-16H2,1-3H3,(H,26,32). The number of halogens is 1. The van der Waals surface area contributed by atoms with Crippen LogP contribution in [0.2, 0.25) is 5.02 Å². The molecule has 2 aromatic rings. The normalized spacial score (nSPS) is 18.5. The fourth-order valence-corrected chi connectivity index (χ4v) is 5.14. The Hall–Kier alpha value is -2.38. The topological polar surface area (TPSA) is 70.5 Å². The second kappa shape index (κ2) is 9.24. The maximum Gasteiger partial charge on any atom is 0.326 e. The zero-order valence-electron chi connectivity index (χ0n) is 19.2. The molecule has 3 amide bonds. The second-order valence-corrected chi connectivity index (χ2v) is 9.62. The van der Waals surface area contributed by atoms with Crippen molar-refractivity contribution >= 4 is 23.5 Å². The minimum atomic E-state index is -0.694. The van der Waals surface area contributed by atoms with E-state index in [1.54, 1.807) is 0 Å². The van der Waals surface area contributed by atoms with Gasteiger partial charge in [-0.2, -0.15) is 5.10 Å². The fraction of sp³-hybridized carbons (Fsp3) is 0.542. The van der Waals surface area contributed by atoms with E-state index in [1.165, 1.54) is 4.90 Å². The van der Waals surface area contributed by atoms with Gasteiger partial charge in [0.05, 0.1) is 18.9 Å². The Kier molecular flexibility index (Phi) is 6.58. The molecule has 1 aliphatic heterocycles. The van der Waals surface area contributed by atoms with E-state index in [0.29, 0.717) is 13.1 Å². The smallest absolute Gasteiger partial charge is 0.323 e. The van der Waals surface area contributed by atoms with Gasteiger partial charge in [-0.3, -0.25) is 14.4 Å². The van der Waals surface area contributed by atoms with Crippen molar-refractivity contribution in [2.75, 3.05) is 13.7 Å². The van der Waals surface area contributed by atoms with Crippen molar-refractivity contribution in [2.45, 2.75) is 71.0 Å². The van der Waals surface area contributed by atoms with Gasteiger partial charge in [-0.25, -0.2) is 9.69 Å². The molecule has 0 unspecified atom stereocenters. The van der Waals surface area contributed by atoms with Crippen LogP contribution >= 0.6 is 11.6 Å². The Balaban J connectivity index is 1.45. The number of benzene rings is 1. The van der Waals surface area contributed by atoms with Crippen molar-refractivity contribution in [2.24, 2.45) is 0 Å². The fourth-order valence-electron chi connectivity index (χ4n) is 4.94. The van der Waals surface area contributed by atoms with Crippen LogP contribution in [-0.4, -0.2) is 50.8 Å². The van der Waals surface area contributed by atoms with E-state index in [1.807, 2.05) is 54.7 Å². The Morgan fingerprint density at radius 3 is 2.50 bits per heavy atom. The van der Waals surface area contributed by atoms with Crippen LogP contribution < -0.4 is 5.32 Å². The molecule has 8 heteroatoms. The number of urea groups is 1. The Labute approximate surface area is 194 Å². The van der Waals surface area contributed by atoms with E-state index >= 15 is 0 Å². The van der Waals surface area contributed by atoms with Crippen molar-refractivity contribution in [3.8, 4) is 0 Å². The molecule has 7 nitrogen and oxygen atoms in total. The van der Waals surface area contributed by atoms with E-state index < -0.39 is 5.54 Å². The lowest BCUT2D eigenvalue weighted by molar-refractivity contribution is -0.133. The molecule has 0 radical (unpaired) electrons. The zero-order valence-corrected chi connectivity index (χ0v) is 19.9. The van der Waals surface area contributed by atoms with Gasteiger partial charge < -0.3 is 5.32 Å². The molecule has 1 saturated heterocycles. The van der Waals surface area contributed by atoms with Gasteiger partial charge in [0, 0.05) is 22.8 Å². The van der Waals surface area contributed by atoms with Gasteiger partial charge in [0.2, 0.25) is 0 Å². The molecule has 32 heavy (non-hydrogen) atoms. The number of nitrogens with zero attached hydrogens (tertiary/aromatic N) is 4. The van der Waals surface area contributed by atoms with Crippen molar-refractivity contribution in [1.29, 1.82) is 0 Å². The van der Waals surface area contributed by atoms with Crippen LogP contribution in [0.25, 0.3) is 0 Å². The number of aromatic nitrogens is 2. The molecular weight excluding hydrogens is 426 g/mol. The number of hydrogen-bond donors (Lipinski definition) is 1. The molecule has 2 heterocycles. The van der Waals surface area contributed by atoms with E-state index in [9.17, 15) is 9.59 Å². The molecule has 0 atom stereocenters. The molecular formula is C24H32ClN5O2. The first kappa shape index (κ1) is 22.8. The monoisotopic (exact) mass is 457 g/mol. The minimum Gasteiger partial charge on any atom is -0.323 e. The zero-order chi connectivity index (χ0) is 22.9. The second-order valence-electron chi connectivity index (χ2n) is 9.21. The highest BCUT2D eigenvalue weighted by atomic mass is 35.5. The molecule has 2 fully saturated rings. The number of aryl methyl sites for hydroxylation is 1. The van der Waals surface area contributed by atoms with Crippen LogP contribution in [-0.2, 0) is 17.9 Å². The predicted molar refractivity (Wildman–Crippen MR) is 124 cm³/mol. The van der Waals surface area contributed by atoms with E-state index in [0.717, 1.165) is 66.1 Å². The van der Waals surface area contributed by atoms with Gasteiger partial charge in [-0.15, -0.1) is 0 Å². The summed E-state index contributed by atoms with van der Waals surface area (Å²) in [6.45, 7) is 5.51. The first-order valence-electron chi connectivity index (χ1n) is 11.4. The molecule has 0 bridgehead atoms. The molecule has 1 aliphatic carbocycles. The van der Waals surface area contributed by atoms with Gasteiger partial charge >= 0.3 is 6.03 Å². The average molecular weight is 458 g/mol. The summed E-state index contributed by atoms with van der Waals surface area (Å²) in [7, 11) is 1.93. The van der Waals surface area contributed by atoms with Crippen molar-refractivity contribution in [3.63, 3.8) is 0 Å². The van der Waals surface area contributed by atoms with Crippen LogP contribution in [0.15, 0.2) is 24.3 Å². The lowest BCUT2D eigenvalue weighted by Crippen LogP contribution is -2.47. The lowest BCUT2D eigenvalue weighted by atomic mass is 9.90. The molecule has 172 valence electrons. The SMILES string of the molecule is Cc1nn(Cc2ccccc2Cl)c(C)c1CN(C)CN1C(=O)NC2(CCCCCC2)C1=O. The summed E-state index contributed by atoms with van der Waals surface area (Å²) in [4.78, 5) is 29.2. The van der Waals surface area contributed by atoms with Crippen molar-refractivity contribution < 1.29 is 9.59 Å². The largest absolute Gasteiger partial charge is 0.326 e. The predicted octanol–water partition coefficient (Wildman–Crippen LogP) is 4.24. The minimum absolute atomic E-state index is 0.0703. The highest BCUT2D eigenvalue weighted by Gasteiger charge is 2.50. The van der Waals surface area contributed by atoms with Gasteiger partial charge in [0.1, 0.15) is 5.54 Å². The Morgan fingerprint density at radius 1 is 1.12 bits per heavy atom. The summed E-state index contributed by atoms with van der Waals surface area (Å²) in [6, 6.07) is 7.51. The quantitative estimate of drug-likeness (QED) is 0.659. The van der Waals surface area contributed by atoms with Gasteiger partial charge in [-0.1, -0.05) is 55.5 Å². The first-order valence-corrected chi connectivity index (χ1v) is 11.8. The summed E-state index contributed by atoms with van der Waals surface area (Å²) in [5.74, 6) is -0.0703. The van der Waals surface area contributed by atoms with Gasteiger partial charge in [0.15, 0.2) is 0 Å². The number of carbonyl (C=O) groups is 2. The van der Waals surface area contributed by atoms with Crippen LogP contribution in [0.3, 0.4) is 0 Å². The maximum atomic E-state index is 13.2. The van der Waals surface area contributed by atoms with Gasteiger partial charge in [-0.05, 0) is 45.4 Å². The molecule has 1 saturated carbocycles. The van der Waals surface area contributed by atoms with Crippen LogP contribution in [0.4, 0.5) is 4.79 Å². The maximum absolute atomic E-state index is 13.2. The lowest BCUT2D eigenvalue weighted by Gasteiger charge is -2.26. The molecule has 2 aliphatic rings. The molecule has 1 N–H and O–H groups in total.